The largest absolute Gasteiger partial charge is 0.393 e. The Hall–Kier alpha value is -1.01. The number of hydrogen-bond acceptors (Lipinski definition) is 5. The maximum Gasteiger partial charge on any atom is 0.138 e. The minimum absolute atomic E-state index is 0.170. The highest BCUT2D eigenvalue weighted by Gasteiger charge is 2.64. The first-order valence-corrected chi connectivity index (χ1v) is 13.4. The Kier molecular flexibility index (Phi) is 5.93. The minimum atomic E-state index is -0.201. The van der Waals surface area contributed by atoms with E-state index in [2.05, 4.69) is 43.2 Å². The van der Waals surface area contributed by atoms with Crippen LogP contribution < -0.4 is 0 Å². The highest BCUT2D eigenvalue weighted by atomic mass is 16.3. The smallest absolute Gasteiger partial charge is 0.138 e. The van der Waals surface area contributed by atoms with Crippen LogP contribution in [-0.2, 0) is 6.54 Å². The number of aliphatic hydroxyl groups excluding tert-OH is 2. The first kappa shape index (κ1) is 22.8. The Morgan fingerprint density at radius 3 is 2.50 bits per heavy atom. The zero-order valence-electron chi connectivity index (χ0n) is 20.5. The summed E-state index contributed by atoms with van der Waals surface area (Å²) in [5.74, 6) is 3.87. The van der Waals surface area contributed by atoms with Crippen LogP contribution in [0, 0.1) is 52.3 Å². The van der Waals surface area contributed by atoms with Crippen molar-refractivity contribution in [1.82, 2.24) is 20.2 Å². The lowest BCUT2D eigenvalue weighted by Crippen LogP contribution is -2.62. The van der Waals surface area contributed by atoms with Crippen LogP contribution in [0.25, 0.3) is 0 Å². The fourth-order valence-corrected chi connectivity index (χ4v) is 9.75. The van der Waals surface area contributed by atoms with Crippen molar-refractivity contribution in [2.24, 2.45) is 52.3 Å². The molecule has 2 N–H and O–H groups in total. The zero-order chi connectivity index (χ0) is 22.7. The summed E-state index contributed by atoms with van der Waals surface area (Å²) >= 11 is 0. The van der Waals surface area contributed by atoms with Crippen LogP contribution in [0.5, 0.6) is 0 Å². The van der Waals surface area contributed by atoms with Gasteiger partial charge in [0, 0.05) is 6.54 Å². The summed E-state index contributed by atoms with van der Waals surface area (Å²) in [5, 5.41) is 33.9. The molecule has 1 heterocycles. The predicted octanol–water partition coefficient (Wildman–Crippen LogP) is 4.33. The van der Waals surface area contributed by atoms with Crippen molar-refractivity contribution in [2.45, 2.75) is 104 Å². The van der Waals surface area contributed by atoms with Gasteiger partial charge in [-0.2, -0.15) is 0 Å². The molecule has 11 atom stereocenters. The molecule has 5 rings (SSSR count). The van der Waals surface area contributed by atoms with Crippen molar-refractivity contribution < 1.29 is 10.2 Å². The number of fused-ring (bicyclic) bond motifs is 5. The lowest BCUT2D eigenvalue weighted by molar-refractivity contribution is -0.203. The number of hydrogen-bond donors (Lipinski definition) is 2. The Morgan fingerprint density at radius 1 is 1.03 bits per heavy atom. The van der Waals surface area contributed by atoms with Crippen molar-refractivity contribution in [3.8, 4) is 0 Å². The van der Waals surface area contributed by atoms with Gasteiger partial charge in [0.1, 0.15) is 6.33 Å². The maximum absolute atomic E-state index is 11.8. The van der Waals surface area contributed by atoms with Crippen LogP contribution in [0.4, 0.5) is 0 Å². The Labute approximate surface area is 193 Å². The summed E-state index contributed by atoms with van der Waals surface area (Å²) in [6.07, 6.45) is 11.6. The Balaban J connectivity index is 1.38. The van der Waals surface area contributed by atoms with Gasteiger partial charge in [0.25, 0.3) is 0 Å². The number of rotatable bonds is 5. The van der Waals surface area contributed by atoms with Gasteiger partial charge < -0.3 is 10.2 Å². The lowest BCUT2D eigenvalue weighted by Gasteiger charge is -2.64. The highest BCUT2D eigenvalue weighted by Crippen LogP contribution is 2.69. The molecular formula is C26H44N4O2. The summed E-state index contributed by atoms with van der Waals surface area (Å²) in [6.45, 7) is 10.7. The predicted molar refractivity (Wildman–Crippen MR) is 123 cm³/mol. The van der Waals surface area contributed by atoms with E-state index in [1.54, 1.807) is 6.33 Å². The van der Waals surface area contributed by atoms with Gasteiger partial charge in [0.15, 0.2) is 0 Å². The molecule has 0 bridgehead atoms. The summed E-state index contributed by atoms with van der Waals surface area (Å²) in [7, 11) is 0. The SMILES string of the molecule is CC[C@@H]1C2C[C@H](O)CC[C@]2(C)C2CC[C@@]3(C)C(CC[C@@H]3[C@H](C)CCn3cnnn3)C2[C@@H]1O. The van der Waals surface area contributed by atoms with E-state index in [-0.39, 0.29) is 17.6 Å². The van der Waals surface area contributed by atoms with Gasteiger partial charge in [-0.25, -0.2) is 4.68 Å². The summed E-state index contributed by atoms with van der Waals surface area (Å²) in [4.78, 5) is 0. The molecule has 4 saturated carbocycles. The first-order valence-electron chi connectivity index (χ1n) is 13.4. The molecule has 180 valence electrons. The summed E-state index contributed by atoms with van der Waals surface area (Å²) in [6, 6.07) is 0. The molecule has 0 radical (unpaired) electrons. The third-order valence-corrected chi connectivity index (χ3v) is 11.4. The van der Waals surface area contributed by atoms with Crippen molar-refractivity contribution in [3.05, 3.63) is 6.33 Å². The molecule has 4 unspecified atom stereocenters. The van der Waals surface area contributed by atoms with Crippen molar-refractivity contribution >= 4 is 0 Å². The third kappa shape index (κ3) is 3.38. The monoisotopic (exact) mass is 444 g/mol. The second kappa shape index (κ2) is 8.33. The van der Waals surface area contributed by atoms with E-state index in [0.29, 0.717) is 40.9 Å². The van der Waals surface area contributed by atoms with E-state index in [1.165, 1.54) is 25.7 Å². The topological polar surface area (TPSA) is 84.1 Å². The van der Waals surface area contributed by atoms with Gasteiger partial charge in [-0.15, -0.1) is 5.10 Å². The molecule has 0 spiro atoms. The Morgan fingerprint density at radius 2 is 1.78 bits per heavy atom. The summed E-state index contributed by atoms with van der Waals surface area (Å²) in [5.41, 5.74) is 0.618. The molecular weight excluding hydrogens is 400 g/mol. The summed E-state index contributed by atoms with van der Waals surface area (Å²) < 4.78 is 1.86. The van der Waals surface area contributed by atoms with E-state index < -0.39 is 0 Å². The van der Waals surface area contributed by atoms with E-state index in [9.17, 15) is 10.2 Å². The van der Waals surface area contributed by atoms with Crippen LogP contribution in [0.15, 0.2) is 6.33 Å². The van der Waals surface area contributed by atoms with Crippen molar-refractivity contribution in [2.75, 3.05) is 0 Å². The zero-order valence-corrected chi connectivity index (χ0v) is 20.5. The molecule has 0 aromatic carbocycles. The second-order valence-corrected chi connectivity index (χ2v) is 12.5. The van der Waals surface area contributed by atoms with Gasteiger partial charge in [0.2, 0.25) is 0 Å². The fourth-order valence-electron chi connectivity index (χ4n) is 9.75. The van der Waals surface area contributed by atoms with Crippen LogP contribution in [0.1, 0.15) is 85.5 Å². The minimum Gasteiger partial charge on any atom is -0.393 e. The van der Waals surface area contributed by atoms with Crippen LogP contribution in [0.3, 0.4) is 0 Å². The standard InChI is InChI=1S/C26H44N4O2/c1-5-18-22-14-17(31)8-11-26(22,4)21-9-12-25(3)19(6-7-20(25)23(21)24(18)32)16(2)10-13-30-15-27-28-29-30/h15-24,31-32H,5-14H2,1-4H3/t16-,17-,18-,19-,20?,21?,22?,23?,24-,25-,26-/m1/s1. The average molecular weight is 445 g/mol. The number of aryl methyl sites for hydroxylation is 1. The number of tetrazole rings is 1. The molecule has 1 aromatic rings. The molecule has 4 fully saturated rings. The molecule has 6 nitrogen and oxygen atoms in total. The molecule has 1 aromatic heterocycles. The maximum atomic E-state index is 11.8. The van der Waals surface area contributed by atoms with Gasteiger partial charge in [-0.05, 0) is 114 Å². The van der Waals surface area contributed by atoms with Crippen LogP contribution in [0.2, 0.25) is 0 Å². The third-order valence-electron chi connectivity index (χ3n) is 11.4. The Bertz CT molecular complexity index is 787. The number of nitrogens with zero attached hydrogens (tertiary/aromatic N) is 4. The van der Waals surface area contributed by atoms with Crippen molar-refractivity contribution in [3.63, 3.8) is 0 Å². The van der Waals surface area contributed by atoms with E-state index in [4.69, 9.17) is 0 Å². The van der Waals surface area contributed by atoms with Crippen molar-refractivity contribution in [1.29, 1.82) is 0 Å². The van der Waals surface area contributed by atoms with Gasteiger partial charge in [-0.3, -0.25) is 0 Å². The quantitative estimate of drug-likeness (QED) is 0.706. The van der Waals surface area contributed by atoms with Gasteiger partial charge in [0.05, 0.1) is 12.2 Å². The molecule has 4 aliphatic carbocycles. The van der Waals surface area contributed by atoms with Crippen LogP contribution in [-0.4, -0.2) is 42.6 Å². The lowest BCUT2D eigenvalue weighted by atomic mass is 9.41. The van der Waals surface area contributed by atoms with Gasteiger partial charge >= 0.3 is 0 Å². The fraction of sp³-hybridized carbons (Fsp3) is 0.962. The molecule has 32 heavy (non-hydrogen) atoms. The molecule has 0 aliphatic heterocycles. The second-order valence-electron chi connectivity index (χ2n) is 12.5. The molecule has 0 saturated heterocycles. The average Bonchev–Trinajstić information content (AvgIpc) is 3.41. The number of aliphatic hydroxyl groups is 2. The highest BCUT2D eigenvalue weighted by molar-refractivity contribution is 5.13. The molecule has 0 amide bonds. The van der Waals surface area contributed by atoms with Gasteiger partial charge in [-0.1, -0.05) is 34.1 Å². The molecule has 6 heteroatoms. The molecule has 4 aliphatic rings. The normalized spacial score (nSPS) is 49.2. The number of aromatic nitrogens is 4. The van der Waals surface area contributed by atoms with E-state index >= 15 is 0 Å². The van der Waals surface area contributed by atoms with E-state index in [0.717, 1.165) is 44.6 Å². The first-order chi connectivity index (χ1) is 15.3. The van der Waals surface area contributed by atoms with E-state index in [1.807, 2.05) is 4.68 Å². The van der Waals surface area contributed by atoms with Crippen LogP contribution >= 0.6 is 0 Å².